The number of nitro groups is 1. The van der Waals surface area contributed by atoms with Crippen LogP contribution < -0.4 is 16.2 Å². The summed E-state index contributed by atoms with van der Waals surface area (Å²) >= 11 is 4.93. The van der Waals surface area contributed by atoms with Crippen molar-refractivity contribution in [3.63, 3.8) is 0 Å². The van der Waals surface area contributed by atoms with Crippen molar-refractivity contribution in [1.82, 2.24) is 10.7 Å². The Morgan fingerprint density at radius 2 is 2.05 bits per heavy atom. The number of nitro benzene ring substituents is 1. The summed E-state index contributed by atoms with van der Waals surface area (Å²) in [6, 6.07) is 2.50. The maximum Gasteiger partial charge on any atom is 0.416 e. The van der Waals surface area contributed by atoms with Crippen molar-refractivity contribution in [3.8, 4) is 0 Å². The Labute approximate surface area is 122 Å². The molecule has 0 spiro atoms. The van der Waals surface area contributed by atoms with E-state index in [2.05, 4.69) is 16.2 Å². The lowest BCUT2D eigenvalue weighted by molar-refractivity contribution is -0.384. The number of hydrogen-bond acceptors (Lipinski definition) is 4. The molecule has 0 atom stereocenters. The number of hydrazine groups is 1. The molecule has 21 heavy (non-hydrogen) atoms. The normalized spacial score (nSPS) is 14.4. The Bertz CT molecular complexity index is 575. The Hall–Kier alpha value is -2.10. The Morgan fingerprint density at radius 1 is 1.38 bits per heavy atom. The molecule has 0 radical (unpaired) electrons. The Balaban J connectivity index is 2.10. The van der Waals surface area contributed by atoms with Gasteiger partial charge in [-0.15, -0.1) is 0 Å². The van der Waals surface area contributed by atoms with Crippen LogP contribution in [0.15, 0.2) is 18.2 Å². The van der Waals surface area contributed by atoms with Crippen molar-refractivity contribution in [1.29, 1.82) is 0 Å². The Kier molecular flexibility index (Phi) is 4.16. The van der Waals surface area contributed by atoms with Crippen LogP contribution >= 0.6 is 12.2 Å². The summed E-state index contributed by atoms with van der Waals surface area (Å²) in [6.45, 7) is 0. The summed E-state index contributed by atoms with van der Waals surface area (Å²) in [5.74, 6) is 0. The molecule has 0 aromatic heterocycles. The van der Waals surface area contributed by atoms with Gasteiger partial charge in [0.25, 0.3) is 5.69 Å². The van der Waals surface area contributed by atoms with Gasteiger partial charge in [0, 0.05) is 12.1 Å². The first-order chi connectivity index (χ1) is 9.77. The second-order valence-corrected chi connectivity index (χ2v) is 4.89. The van der Waals surface area contributed by atoms with Gasteiger partial charge in [0.2, 0.25) is 0 Å². The number of benzene rings is 1. The molecular formula is C11H11F3N4O2S. The molecule has 3 N–H and O–H groups in total. The second-order valence-electron chi connectivity index (χ2n) is 4.48. The molecule has 114 valence electrons. The van der Waals surface area contributed by atoms with Gasteiger partial charge in [0.1, 0.15) is 5.69 Å². The number of anilines is 1. The van der Waals surface area contributed by atoms with Crippen molar-refractivity contribution in [2.24, 2.45) is 0 Å². The van der Waals surface area contributed by atoms with Crippen LogP contribution in [0, 0.1) is 10.1 Å². The van der Waals surface area contributed by atoms with Gasteiger partial charge in [-0.2, -0.15) is 13.2 Å². The Morgan fingerprint density at radius 3 is 2.57 bits per heavy atom. The fourth-order valence-corrected chi connectivity index (χ4v) is 1.76. The number of thiocarbonyl (C=S) groups is 1. The van der Waals surface area contributed by atoms with Crippen LogP contribution in [0.3, 0.4) is 0 Å². The van der Waals surface area contributed by atoms with E-state index in [1.54, 1.807) is 0 Å². The van der Waals surface area contributed by atoms with E-state index in [-0.39, 0.29) is 16.8 Å². The predicted octanol–water partition coefficient (Wildman–Crippen LogP) is 2.57. The van der Waals surface area contributed by atoms with Gasteiger partial charge in [-0.05, 0) is 37.2 Å². The van der Waals surface area contributed by atoms with Gasteiger partial charge >= 0.3 is 6.18 Å². The maximum absolute atomic E-state index is 12.5. The molecule has 1 saturated carbocycles. The topological polar surface area (TPSA) is 79.2 Å². The van der Waals surface area contributed by atoms with Gasteiger partial charge in [-0.25, -0.2) is 0 Å². The molecule has 0 aliphatic heterocycles. The van der Waals surface area contributed by atoms with E-state index < -0.39 is 22.4 Å². The van der Waals surface area contributed by atoms with E-state index in [1.165, 1.54) is 0 Å². The third kappa shape index (κ3) is 4.18. The molecule has 6 nitrogen and oxygen atoms in total. The van der Waals surface area contributed by atoms with E-state index in [0.717, 1.165) is 25.0 Å². The van der Waals surface area contributed by atoms with Gasteiger partial charge in [0.15, 0.2) is 5.11 Å². The minimum atomic E-state index is -4.64. The molecule has 1 aromatic carbocycles. The lowest BCUT2D eigenvalue weighted by atomic mass is 10.1. The lowest BCUT2D eigenvalue weighted by Gasteiger charge is -2.13. The van der Waals surface area contributed by atoms with Crippen LogP contribution in [0.4, 0.5) is 24.5 Å². The molecule has 0 saturated heterocycles. The molecule has 0 unspecified atom stereocenters. The fraction of sp³-hybridized carbons (Fsp3) is 0.364. The van der Waals surface area contributed by atoms with E-state index in [9.17, 15) is 23.3 Å². The molecule has 1 aliphatic rings. The van der Waals surface area contributed by atoms with Gasteiger partial charge < -0.3 is 5.32 Å². The molecule has 1 aliphatic carbocycles. The molecule has 1 fully saturated rings. The van der Waals surface area contributed by atoms with Gasteiger partial charge in [-0.3, -0.25) is 21.0 Å². The zero-order valence-electron chi connectivity index (χ0n) is 10.5. The van der Waals surface area contributed by atoms with Gasteiger partial charge in [0.05, 0.1) is 10.5 Å². The van der Waals surface area contributed by atoms with Crippen molar-refractivity contribution in [2.75, 3.05) is 5.43 Å². The summed E-state index contributed by atoms with van der Waals surface area (Å²) in [5.41, 5.74) is 3.07. The van der Waals surface area contributed by atoms with Crippen LogP contribution in [0.1, 0.15) is 18.4 Å². The van der Waals surface area contributed by atoms with Crippen LogP contribution in [0.5, 0.6) is 0 Å². The van der Waals surface area contributed by atoms with Crippen LogP contribution in [-0.4, -0.2) is 16.1 Å². The third-order valence-electron chi connectivity index (χ3n) is 2.75. The molecule has 0 heterocycles. The van der Waals surface area contributed by atoms with E-state index >= 15 is 0 Å². The zero-order chi connectivity index (χ0) is 15.6. The van der Waals surface area contributed by atoms with Crippen molar-refractivity contribution < 1.29 is 18.1 Å². The average Bonchev–Trinajstić information content (AvgIpc) is 3.18. The van der Waals surface area contributed by atoms with Crippen LogP contribution in [0.2, 0.25) is 0 Å². The fourth-order valence-electron chi connectivity index (χ4n) is 1.54. The number of hydrogen-bond donors (Lipinski definition) is 3. The number of nitrogens with zero attached hydrogens (tertiary/aromatic N) is 1. The first kappa shape index (κ1) is 15.3. The minimum absolute atomic E-state index is 0.104. The standard InChI is InChI=1S/C11H11F3N4O2S/c12-11(13,14)6-1-4-8(9(5-6)18(19)20)16-17-10(21)15-7-2-3-7/h1,4-5,7,16H,2-3H2,(H2,15,17,21). The first-order valence-electron chi connectivity index (χ1n) is 5.95. The van der Waals surface area contributed by atoms with Crippen molar-refractivity contribution >= 4 is 28.7 Å². The lowest BCUT2D eigenvalue weighted by Crippen LogP contribution is -2.39. The number of nitrogens with one attached hydrogen (secondary N) is 3. The minimum Gasteiger partial charge on any atom is -0.359 e. The molecule has 10 heteroatoms. The number of alkyl halides is 3. The smallest absolute Gasteiger partial charge is 0.359 e. The highest BCUT2D eigenvalue weighted by molar-refractivity contribution is 7.80. The highest BCUT2D eigenvalue weighted by atomic mass is 32.1. The third-order valence-corrected chi connectivity index (χ3v) is 2.96. The van der Waals surface area contributed by atoms with Gasteiger partial charge in [-0.1, -0.05) is 0 Å². The molecular weight excluding hydrogens is 309 g/mol. The predicted molar refractivity (Wildman–Crippen MR) is 73.6 cm³/mol. The summed E-state index contributed by atoms with van der Waals surface area (Å²) in [5, 5.41) is 14.0. The number of rotatable bonds is 4. The van der Waals surface area contributed by atoms with Crippen molar-refractivity contribution in [3.05, 3.63) is 33.9 Å². The zero-order valence-corrected chi connectivity index (χ0v) is 11.3. The summed E-state index contributed by atoms with van der Waals surface area (Å²) in [7, 11) is 0. The van der Waals surface area contributed by atoms with E-state index in [4.69, 9.17) is 12.2 Å². The van der Waals surface area contributed by atoms with Crippen molar-refractivity contribution in [2.45, 2.75) is 25.1 Å². The first-order valence-corrected chi connectivity index (χ1v) is 6.36. The molecule has 0 amide bonds. The number of halogens is 3. The van der Waals surface area contributed by atoms with Crippen LogP contribution in [-0.2, 0) is 6.18 Å². The summed E-state index contributed by atoms with van der Waals surface area (Å²) < 4.78 is 37.6. The molecule has 1 aromatic rings. The molecule has 0 bridgehead atoms. The SMILES string of the molecule is O=[N+]([O-])c1cc(C(F)(F)F)ccc1NNC(=S)NC1CC1. The monoisotopic (exact) mass is 320 g/mol. The summed E-state index contributed by atoms with van der Waals surface area (Å²) in [4.78, 5) is 9.96. The largest absolute Gasteiger partial charge is 0.416 e. The van der Waals surface area contributed by atoms with E-state index in [0.29, 0.717) is 6.07 Å². The maximum atomic E-state index is 12.5. The van der Waals surface area contributed by atoms with Crippen LogP contribution in [0.25, 0.3) is 0 Å². The second kappa shape index (κ2) is 5.72. The molecule has 2 rings (SSSR count). The highest BCUT2D eigenvalue weighted by Crippen LogP contribution is 2.34. The average molecular weight is 320 g/mol. The quantitative estimate of drug-likeness (QED) is 0.449. The summed E-state index contributed by atoms with van der Waals surface area (Å²) in [6.07, 6.45) is -2.66. The van der Waals surface area contributed by atoms with E-state index in [1.807, 2.05) is 0 Å². The highest BCUT2D eigenvalue weighted by Gasteiger charge is 2.33.